The summed E-state index contributed by atoms with van der Waals surface area (Å²) in [7, 11) is 0. The Bertz CT molecular complexity index is 775. The second-order valence-electron chi connectivity index (χ2n) is 7.60. The van der Waals surface area contributed by atoms with Gasteiger partial charge in [0.1, 0.15) is 5.82 Å². The van der Waals surface area contributed by atoms with Crippen molar-refractivity contribution in [3.05, 3.63) is 41.1 Å². The average molecular weight is 370 g/mol. The van der Waals surface area contributed by atoms with Crippen molar-refractivity contribution in [2.75, 3.05) is 5.32 Å². The molecule has 0 spiro atoms. The zero-order chi connectivity index (χ0) is 17.9. The second kappa shape index (κ2) is 7.87. The molecule has 1 amide bonds. The first-order valence-corrected chi connectivity index (χ1v) is 10.9. The van der Waals surface area contributed by atoms with Crippen molar-refractivity contribution in [2.24, 2.45) is 5.92 Å². The van der Waals surface area contributed by atoms with E-state index in [-0.39, 0.29) is 5.91 Å². The van der Waals surface area contributed by atoms with E-state index in [1.807, 2.05) is 16.4 Å². The molecule has 2 aromatic rings. The molecule has 1 aromatic carbocycles. The molecular weight excluding hydrogens is 342 g/mol. The standard InChI is InChI=1S/C21H27N3OS/c1-15-7-10-17(11-8-15)24-21(18-13-26-14-19(18)23-24)22-20(25)12-9-16-5-3-2-4-6-16/h7-8,10-11,16H,2-6,9,12-14H2,1H3,(H,22,25). The highest BCUT2D eigenvalue weighted by Crippen LogP contribution is 2.36. The zero-order valence-electron chi connectivity index (χ0n) is 15.5. The van der Waals surface area contributed by atoms with Crippen LogP contribution in [0.3, 0.4) is 0 Å². The number of aryl methyl sites for hydroxylation is 1. The molecule has 26 heavy (non-hydrogen) atoms. The van der Waals surface area contributed by atoms with Gasteiger partial charge in [-0.05, 0) is 31.4 Å². The van der Waals surface area contributed by atoms with E-state index in [1.54, 1.807) is 0 Å². The first kappa shape index (κ1) is 17.7. The molecule has 1 N–H and O–H groups in total. The lowest BCUT2D eigenvalue weighted by atomic mass is 9.86. The maximum atomic E-state index is 12.6. The van der Waals surface area contributed by atoms with Crippen LogP contribution in [0.5, 0.6) is 0 Å². The van der Waals surface area contributed by atoms with Gasteiger partial charge in [-0.2, -0.15) is 16.9 Å². The number of nitrogens with zero attached hydrogens (tertiary/aromatic N) is 2. The topological polar surface area (TPSA) is 46.9 Å². The van der Waals surface area contributed by atoms with Crippen LogP contribution in [0.15, 0.2) is 24.3 Å². The largest absolute Gasteiger partial charge is 0.310 e. The van der Waals surface area contributed by atoms with Crippen molar-refractivity contribution in [1.29, 1.82) is 0 Å². The van der Waals surface area contributed by atoms with Crippen LogP contribution in [0.2, 0.25) is 0 Å². The Balaban J connectivity index is 1.49. The molecule has 5 heteroatoms. The van der Waals surface area contributed by atoms with E-state index in [9.17, 15) is 4.79 Å². The number of rotatable bonds is 5. The van der Waals surface area contributed by atoms with Crippen molar-refractivity contribution in [1.82, 2.24) is 9.78 Å². The molecule has 0 radical (unpaired) electrons. The number of carbonyl (C=O) groups excluding carboxylic acids is 1. The lowest BCUT2D eigenvalue weighted by molar-refractivity contribution is -0.116. The van der Waals surface area contributed by atoms with E-state index < -0.39 is 0 Å². The van der Waals surface area contributed by atoms with Crippen molar-refractivity contribution in [3.63, 3.8) is 0 Å². The molecule has 0 bridgehead atoms. The van der Waals surface area contributed by atoms with Gasteiger partial charge in [0.25, 0.3) is 0 Å². The molecular formula is C21H27N3OS. The number of aromatic nitrogens is 2. The molecule has 1 saturated carbocycles. The molecule has 1 fully saturated rings. The summed E-state index contributed by atoms with van der Waals surface area (Å²) in [6.07, 6.45) is 8.24. The predicted molar refractivity (Wildman–Crippen MR) is 108 cm³/mol. The molecule has 1 aliphatic heterocycles. The van der Waals surface area contributed by atoms with Crippen LogP contribution in [0, 0.1) is 12.8 Å². The van der Waals surface area contributed by atoms with Crippen LogP contribution in [-0.2, 0) is 16.3 Å². The molecule has 4 nitrogen and oxygen atoms in total. The summed E-state index contributed by atoms with van der Waals surface area (Å²) in [5.41, 5.74) is 4.54. The summed E-state index contributed by atoms with van der Waals surface area (Å²) >= 11 is 1.87. The fourth-order valence-corrected chi connectivity index (χ4v) is 5.05. The molecule has 4 rings (SSSR count). The molecule has 1 aromatic heterocycles. The van der Waals surface area contributed by atoms with Crippen LogP contribution in [0.4, 0.5) is 5.82 Å². The van der Waals surface area contributed by atoms with Gasteiger partial charge in [0, 0.05) is 23.5 Å². The third kappa shape index (κ3) is 3.83. The van der Waals surface area contributed by atoms with E-state index >= 15 is 0 Å². The Morgan fingerprint density at radius 3 is 2.73 bits per heavy atom. The summed E-state index contributed by atoms with van der Waals surface area (Å²) in [4.78, 5) is 12.6. The minimum Gasteiger partial charge on any atom is -0.310 e. The van der Waals surface area contributed by atoms with Crippen LogP contribution in [-0.4, -0.2) is 15.7 Å². The van der Waals surface area contributed by atoms with Crippen molar-refractivity contribution in [3.8, 4) is 5.69 Å². The fraction of sp³-hybridized carbons (Fsp3) is 0.524. The van der Waals surface area contributed by atoms with Crippen LogP contribution in [0.25, 0.3) is 5.69 Å². The van der Waals surface area contributed by atoms with Crippen LogP contribution < -0.4 is 5.32 Å². The van der Waals surface area contributed by atoms with E-state index in [0.717, 1.165) is 41.0 Å². The van der Waals surface area contributed by atoms with E-state index in [0.29, 0.717) is 6.42 Å². The summed E-state index contributed by atoms with van der Waals surface area (Å²) in [5, 5.41) is 7.97. The summed E-state index contributed by atoms with van der Waals surface area (Å²) in [6, 6.07) is 8.32. The third-order valence-electron chi connectivity index (χ3n) is 5.59. The number of carbonyl (C=O) groups is 1. The van der Waals surface area contributed by atoms with E-state index in [2.05, 4.69) is 36.5 Å². The molecule has 0 saturated heterocycles. The monoisotopic (exact) mass is 369 g/mol. The highest BCUT2D eigenvalue weighted by atomic mass is 32.2. The second-order valence-corrected chi connectivity index (χ2v) is 8.59. The minimum absolute atomic E-state index is 0.128. The number of amides is 1. The molecule has 138 valence electrons. The molecule has 2 heterocycles. The van der Waals surface area contributed by atoms with Crippen LogP contribution in [0.1, 0.15) is 61.8 Å². The number of anilines is 1. The summed E-state index contributed by atoms with van der Waals surface area (Å²) in [6.45, 7) is 2.08. The third-order valence-corrected chi connectivity index (χ3v) is 6.56. The number of thioether (sulfide) groups is 1. The molecule has 0 unspecified atom stereocenters. The van der Waals surface area contributed by atoms with Gasteiger partial charge in [-0.25, -0.2) is 4.68 Å². The quantitative estimate of drug-likeness (QED) is 0.785. The molecule has 1 aliphatic carbocycles. The molecule has 2 aliphatic rings. The Hall–Kier alpha value is -1.75. The Morgan fingerprint density at radius 1 is 1.19 bits per heavy atom. The van der Waals surface area contributed by atoms with E-state index in [1.165, 1.54) is 43.2 Å². The summed E-state index contributed by atoms with van der Waals surface area (Å²) in [5.74, 6) is 3.60. The highest BCUT2D eigenvalue weighted by Gasteiger charge is 2.25. The smallest absolute Gasteiger partial charge is 0.225 e. The zero-order valence-corrected chi connectivity index (χ0v) is 16.3. The van der Waals surface area contributed by atoms with Crippen LogP contribution >= 0.6 is 11.8 Å². The normalized spacial score (nSPS) is 17.3. The predicted octanol–water partition coefficient (Wildman–Crippen LogP) is 5.23. The SMILES string of the molecule is Cc1ccc(-n2nc3c(c2NC(=O)CCC2CCCCC2)CSC3)cc1. The average Bonchev–Trinajstić information content (AvgIpc) is 3.24. The van der Waals surface area contributed by atoms with Gasteiger partial charge in [0.2, 0.25) is 5.91 Å². The Morgan fingerprint density at radius 2 is 1.96 bits per heavy atom. The van der Waals surface area contributed by atoms with Gasteiger partial charge in [0.05, 0.1) is 11.4 Å². The maximum absolute atomic E-state index is 12.6. The van der Waals surface area contributed by atoms with Gasteiger partial charge >= 0.3 is 0 Å². The summed E-state index contributed by atoms with van der Waals surface area (Å²) < 4.78 is 1.92. The van der Waals surface area contributed by atoms with Gasteiger partial charge < -0.3 is 5.32 Å². The van der Waals surface area contributed by atoms with Crippen molar-refractivity contribution < 1.29 is 4.79 Å². The maximum Gasteiger partial charge on any atom is 0.225 e. The Labute approximate surface area is 159 Å². The van der Waals surface area contributed by atoms with Crippen molar-refractivity contribution in [2.45, 2.75) is 63.4 Å². The van der Waals surface area contributed by atoms with Gasteiger partial charge in [-0.3, -0.25) is 4.79 Å². The lowest BCUT2D eigenvalue weighted by Gasteiger charge is -2.21. The van der Waals surface area contributed by atoms with Gasteiger partial charge in [-0.15, -0.1) is 0 Å². The number of nitrogens with one attached hydrogen (secondary N) is 1. The first-order valence-electron chi connectivity index (χ1n) is 9.76. The lowest BCUT2D eigenvalue weighted by Crippen LogP contribution is -2.17. The number of benzene rings is 1. The number of fused-ring (bicyclic) bond motifs is 1. The Kier molecular flexibility index (Phi) is 5.34. The molecule has 0 atom stereocenters. The van der Waals surface area contributed by atoms with E-state index in [4.69, 9.17) is 5.10 Å². The number of hydrogen-bond donors (Lipinski definition) is 1. The number of hydrogen-bond acceptors (Lipinski definition) is 3. The first-order chi connectivity index (χ1) is 12.7. The fourth-order valence-electron chi connectivity index (χ4n) is 4.02. The minimum atomic E-state index is 0.128. The van der Waals surface area contributed by atoms with Gasteiger partial charge in [0.15, 0.2) is 0 Å². The van der Waals surface area contributed by atoms with Gasteiger partial charge in [-0.1, -0.05) is 49.8 Å². The highest BCUT2D eigenvalue weighted by molar-refractivity contribution is 7.98. The van der Waals surface area contributed by atoms with Crippen molar-refractivity contribution >= 4 is 23.5 Å².